The number of aromatic nitrogens is 3. The first-order valence-electron chi connectivity index (χ1n) is 14.6. The van der Waals surface area contributed by atoms with E-state index in [2.05, 4.69) is 20.5 Å². The molecule has 1 saturated carbocycles. The van der Waals surface area contributed by atoms with E-state index >= 15 is 0 Å². The number of carbonyl (C=O) groups is 3. The van der Waals surface area contributed by atoms with Crippen LogP contribution in [0.25, 0.3) is 0 Å². The van der Waals surface area contributed by atoms with Crippen LogP contribution in [0.1, 0.15) is 64.8 Å². The number of pyridine rings is 1. The number of nitrogens with one attached hydrogen (secondary N) is 2. The van der Waals surface area contributed by atoms with Gasteiger partial charge in [-0.1, -0.05) is 18.2 Å². The Morgan fingerprint density at radius 2 is 1.90 bits per heavy atom. The summed E-state index contributed by atoms with van der Waals surface area (Å²) in [4.78, 5) is 47.6. The molecule has 2 aromatic heterocycles. The highest BCUT2D eigenvalue weighted by Crippen LogP contribution is 2.39. The van der Waals surface area contributed by atoms with Crippen LogP contribution >= 0.6 is 0 Å². The van der Waals surface area contributed by atoms with E-state index in [1.807, 2.05) is 47.4 Å². The van der Waals surface area contributed by atoms with Crippen molar-refractivity contribution in [3.63, 3.8) is 0 Å². The zero-order chi connectivity index (χ0) is 28.2. The second kappa shape index (κ2) is 12.1. The molecule has 0 unspecified atom stereocenters. The van der Waals surface area contributed by atoms with E-state index < -0.39 is 0 Å². The monoisotopic (exact) mass is 556 g/mol. The quantitative estimate of drug-likeness (QED) is 0.499. The lowest BCUT2D eigenvalue weighted by Crippen LogP contribution is -2.39. The second-order valence-corrected chi connectivity index (χ2v) is 11.2. The molecule has 2 fully saturated rings. The van der Waals surface area contributed by atoms with Gasteiger partial charge in [0, 0.05) is 62.5 Å². The summed E-state index contributed by atoms with van der Waals surface area (Å²) in [7, 11) is 0. The van der Waals surface area contributed by atoms with Crippen LogP contribution in [0.4, 0.5) is 0 Å². The highest BCUT2D eigenvalue weighted by molar-refractivity contribution is 5.92. The van der Waals surface area contributed by atoms with Gasteiger partial charge in [0.15, 0.2) is 0 Å². The summed E-state index contributed by atoms with van der Waals surface area (Å²) in [5.74, 6) is 0.515. The average Bonchev–Trinajstić information content (AvgIpc) is 3.55. The smallest absolute Gasteiger partial charge is 0.274 e. The number of fused-ring (bicyclic) bond motifs is 4. The number of likely N-dealkylation sites (tertiary alicyclic amines) is 1. The lowest BCUT2D eigenvalue weighted by Gasteiger charge is -2.24. The fraction of sp³-hybridized carbons (Fsp3) is 0.452. The highest BCUT2D eigenvalue weighted by atomic mass is 16.5. The summed E-state index contributed by atoms with van der Waals surface area (Å²) in [5, 5.41) is 10.4. The van der Waals surface area contributed by atoms with E-state index in [4.69, 9.17) is 4.74 Å². The molecule has 0 spiro atoms. The van der Waals surface area contributed by atoms with E-state index in [-0.39, 0.29) is 29.6 Å². The normalized spacial score (nSPS) is 21.4. The number of aromatic amines is 1. The van der Waals surface area contributed by atoms with Crippen molar-refractivity contribution in [2.24, 2.45) is 5.92 Å². The first-order valence-corrected chi connectivity index (χ1v) is 14.6. The van der Waals surface area contributed by atoms with Crippen molar-refractivity contribution in [2.45, 2.75) is 43.9 Å². The molecule has 3 aliphatic rings. The number of benzene rings is 1. The average molecular weight is 557 g/mol. The van der Waals surface area contributed by atoms with Crippen molar-refractivity contribution in [3.05, 3.63) is 77.4 Å². The highest BCUT2D eigenvalue weighted by Gasteiger charge is 2.40. The Hall–Kier alpha value is -4.21. The van der Waals surface area contributed by atoms with Gasteiger partial charge in [-0.3, -0.25) is 24.5 Å². The van der Waals surface area contributed by atoms with E-state index in [0.29, 0.717) is 76.0 Å². The third kappa shape index (κ3) is 6.42. The summed E-state index contributed by atoms with van der Waals surface area (Å²) < 4.78 is 6.09. The van der Waals surface area contributed by atoms with Gasteiger partial charge in [0.1, 0.15) is 18.1 Å². The predicted octanol–water partition coefficient (Wildman–Crippen LogP) is 2.90. The first kappa shape index (κ1) is 27.0. The number of rotatable bonds is 5. The third-order valence-electron chi connectivity index (χ3n) is 8.30. The van der Waals surface area contributed by atoms with Crippen molar-refractivity contribution in [2.75, 3.05) is 39.3 Å². The van der Waals surface area contributed by atoms with Crippen molar-refractivity contribution in [3.8, 4) is 5.75 Å². The van der Waals surface area contributed by atoms with Gasteiger partial charge in [0.2, 0.25) is 11.8 Å². The molecular weight excluding hydrogens is 520 g/mol. The number of H-pyrrole nitrogens is 1. The Morgan fingerprint density at radius 3 is 2.73 bits per heavy atom. The first-order chi connectivity index (χ1) is 20.0. The van der Waals surface area contributed by atoms with Gasteiger partial charge < -0.3 is 19.9 Å². The van der Waals surface area contributed by atoms with Crippen LogP contribution in [-0.4, -0.2) is 82.0 Å². The number of carbonyl (C=O) groups excluding carboxylic acids is 3. The molecule has 1 saturated heterocycles. The van der Waals surface area contributed by atoms with Crippen LogP contribution in [0.2, 0.25) is 0 Å². The molecule has 10 heteroatoms. The van der Waals surface area contributed by atoms with E-state index in [1.54, 1.807) is 17.3 Å². The SMILES string of the molecule is O=C1NCCCN(C(=O)c2cc(C3CC3)[nH]n2)CCOc2cccc(c2)[C@H]2CN(C(=O)CCc3cccnc3)C[C@H]12. The lowest BCUT2D eigenvalue weighted by molar-refractivity contribution is -0.130. The minimum absolute atomic E-state index is 0.0387. The largest absolute Gasteiger partial charge is 0.492 e. The molecule has 4 heterocycles. The van der Waals surface area contributed by atoms with E-state index in [9.17, 15) is 14.4 Å². The van der Waals surface area contributed by atoms with Gasteiger partial charge in [-0.05, 0) is 61.1 Å². The van der Waals surface area contributed by atoms with Crippen LogP contribution in [-0.2, 0) is 16.0 Å². The molecule has 1 aromatic carbocycles. The summed E-state index contributed by atoms with van der Waals surface area (Å²) >= 11 is 0. The van der Waals surface area contributed by atoms with Gasteiger partial charge in [0.05, 0.1) is 12.5 Å². The Labute approximate surface area is 239 Å². The Kier molecular flexibility index (Phi) is 7.98. The van der Waals surface area contributed by atoms with Crippen molar-refractivity contribution in [1.82, 2.24) is 30.3 Å². The molecular formula is C31H36N6O4. The molecule has 0 radical (unpaired) electrons. The zero-order valence-corrected chi connectivity index (χ0v) is 23.1. The molecule has 2 bridgehead atoms. The molecule has 6 rings (SSSR count). The predicted molar refractivity (Wildman–Crippen MR) is 151 cm³/mol. The van der Waals surface area contributed by atoms with Gasteiger partial charge in [-0.25, -0.2) is 0 Å². The van der Waals surface area contributed by atoms with Crippen molar-refractivity contribution in [1.29, 1.82) is 0 Å². The van der Waals surface area contributed by atoms with Crippen LogP contribution in [0, 0.1) is 5.92 Å². The summed E-state index contributed by atoms with van der Waals surface area (Å²) in [6.45, 7) is 2.53. The maximum atomic E-state index is 13.4. The van der Waals surface area contributed by atoms with Gasteiger partial charge in [0.25, 0.3) is 5.91 Å². The Balaban J connectivity index is 1.14. The van der Waals surface area contributed by atoms with Gasteiger partial charge >= 0.3 is 0 Å². The fourth-order valence-corrected chi connectivity index (χ4v) is 5.81. The fourth-order valence-electron chi connectivity index (χ4n) is 5.81. The number of nitrogens with zero attached hydrogens (tertiary/aromatic N) is 4. The molecule has 10 nitrogen and oxygen atoms in total. The molecule has 2 N–H and O–H groups in total. The summed E-state index contributed by atoms with van der Waals surface area (Å²) in [6, 6.07) is 13.5. The maximum Gasteiger partial charge on any atom is 0.274 e. The number of aryl methyl sites for hydroxylation is 1. The molecule has 3 amide bonds. The van der Waals surface area contributed by atoms with Gasteiger partial charge in [-0.15, -0.1) is 0 Å². The number of ether oxygens (including phenoxy) is 1. The molecule has 41 heavy (non-hydrogen) atoms. The molecule has 214 valence electrons. The molecule has 3 aromatic rings. The molecule has 2 atom stereocenters. The third-order valence-corrected chi connectivity index (χ3v) is 8.30. The number of hydrogen-bond donors (Lipinski definition) is 2. The zero-order valence-electron chi connectivity index (χ0n) is 23.1. The standard InChI is InChI=1S/C31H36N6O4/c38-29(10-7-21-4-2-11-32-18-21)37-19-25-23-5-1-6-24(16-23)41-15-14-36(13-3-12-33-30(39)26(25)20-37)31(40)28-17-27(34-35-28)22-8-9-22/h1-2,4-6,11,16-18,22,25-26H,3,7-10,12-15,19-20H2,(H,33,39)(H,34,35)/t25-,26+/m1/s1. The van der Waals surface area contributed by atoms with E-state index in [0.717, 1.165) is 29.7 Å². The minimum Gasteiger partial charge on any atom is -0.492 e. The van der Waals surface area contributed by atoms with Crippen LogP contribution in [0.5, 0.6) is 5.75 Å². The van der Waals surface area contributed by atoms with E-state index in [1.165, 1.54) is 0 Å². The molecule has 1 aliphatic carbocycles. The van der Waals surface area contributed by atoms with Crippen LogP contribution in [0.15, 0.2) is 54.9 Å². The van der Waals surface area contributed by atoms with Crippen LogP contribution < -0.4 is 10.1 Å². The maximum absolute atomic E-state index is 13.4. The molecule has 2 aliphatic heterocycles. The van der Waals surface area contributed by atoms with Crippen molar-refractivity contribution < 1.29 is 19.1 Å². The second-order valence-electron chi connectivity index (χ2n) is 11.2. The van der Waals surface area contributed by atoms with Gasteiger partial charge in [-0.2, -0.15) is 5.10 Å². The Morgan fingerprint density at radius 1 is 1.02 bits per heavy atom. The number of hydrogen-bond acceptors (Lipinski definition) is 6. The summed E-state index contributed by atoms with van der Waals surface area (Å²) in [5.41, 5.74) is 3.43. The van der Waals surface area contributed by atoms with Crippen molar-refractivity contribution >= 4 is 17.7 Å². The lowest BCUT2D eigenvalue weighted by atomic mass is 9.88. The summed E-state index contributed by atoms with van der Waals surface area (Å²) in [6.07, 6.45) is 7.35. The topological polar surface area (TPSA) is 121 Å². The minimum atomic E-state index is -0.363. The number of amides is 3. The Bertz CT molecular complexity index is 1390. The van der Waals surface area contributed by atoms with Crippen LogP contribution in [0.3, 0.4) is 0 Å².